The van der Waals surface area contributed by atoms with Gasteiger partial charge in [-0.2, -0.15) is 10.2 Å². The lowest BCUT2D eigenvalue weighted by molar-refractivity contribution is -0.126. The van der Waals surface area contributed by atoms with Crippen molar-refractivity contribution in [2.45, 2.75) is 26.7 Å². The molecule has 0 aliphatic carbocycles. The Labute approximate surface area is 180 Å². The first-order valence-corrected chi connectivity index (χ1v) is 10.1. The Kier molecular flexibility index (Phi) is 8.53. The van der Waals surface area contributed by atoms with Crippen LogP contribution in [0.3, 0.4) is 0 Å². The van der Waals surface area contributed by atoms with E-state index in [9.17, 15) is 9.59 Å². The van der Waals surface area contributed by atoms with Gasteiger partial charge in [0.1, 0.15) is 0 Å². The van der Waals surface area contributed by atoms with E-state index < -0.39 is 0 Å². The fraction of sp³-hybridized carbons (Fsp3) is 0.200. The van der Waals surface area contributed by atoms with Crippen LogP contribution in [0.25, 0.3) is 0 Å². The minimum absolute atomic E-state index is 0.0236. The summed E-state index contributed by atoms with van der Waals surface area (Å²) in [4.78, 5) is 23.8. The number of nitrogens with one attached hydrogen (secondary N) is 2. The first kappa shape index (κ1) is 22.0. The predicted octanol–water partition coefficient (Wildman–Crippen LogP) is 4.37. The predicted molar refractivity (Wildman–Crippen MR) is 118 cm³/mol. The molecule has 0 aromatic heterocycles. The van der Waals surface area contributed by atoms with E-state index in [1.165, 1.54) is 0 Å². The summed E-state index contributed by atoms with van der Waals surface area (Å²) in [6.07, 6.45) is 0.0472. The molecule has 0 heterocycles. The number of hydrogen-bond donors (Lipinski definition) is 2. The van der Waals surface area contributed by atoms with Crippen molar-refractivity contribution >= 4 is 55.1 Å². The summed E-state index contributed by atoms with van der Waals surface area (Å²) in [6, 6.07) is 15.2. The number of benzene rings is 2. The highest BCUT2D eigenvalue weighted by Crippen LogP contribution is 2.12. The lowest BCUT2D eigenvalue weighted by Crippen LogP contribution is -2.24. The second-order valence-corrected chi connectivity index (χ2v) is 7.81. The van der Waals surface area contributed by atoms with E-state index in [2.05, 4.69) is 52.9 Å². The van der Waals surface area contributed by atoms with Gasteiger partial charge in [0, 0.05) is 21.8 Å². The molecule has 146 valence electrons. The van der Waals surface area contributed by atoms with Crippen LogP contribution in [0.5, 0.6) is 0 Å². The molecule has 6 nitrogen and oxygen atoms in total. The minimum atomic E-state index is -0.333. The molecule has 8 heteroatoms. The quantitative estimate of drug-likeness (QED) is 0.430. The van der Waals surface area contributed by atoms with Crippen molar-refractivity contribution in [3.8, 4) is 0 Å². The third-order valence-electron chi connectivity index (χ3n) is 3.80. The summed E-state index contributed by atoms with van der Waals surface area (Å²) >= 11 is 6.74. The van der Waals surface area contributed by atoms with E-state index in [1.807, 2.05) is 48.5 Å². The Morgan fingerprint density at radius 3 is 1.36 bits per heavy atom. The lowest BCUT2D eigenvalue weighted by atomic mass is 10.1. The lowest BCUT2D eigenvalue weighted by Gasteiger charge is -2.04. The van der Waals surface area contributed by atoms with Gasteiger partial charge in [-0.3, -0.25) is 9.59 Å². The van der Waals surface area contributed by atoms with Gasteiger partial charge >= 0.3 is 0 Å². The molecule has 0 bridgehead atoms. The van der Waals surface area contributed by atoms with Crippen LogP contribution in [0.4, 0.5) is 0 Å². The Balaban J connectivity index is 1.78. The van der Waals surface area contributed by atoms with Gasteiger partial charge in [0.05, 0.1) is 11.4 Å². The molecule has 0 saturated heterocycles. The summed E-state index contributed by atoms with van der Waals surface area (Å²) in [5.41, 5.74) is 8.09. The van der Waals surface area contributed by atoms with Crippen LogP contribution in [-0.2, 0) is 9.59 Å². The van der Waals surface area contributed by atoms with Crippen molar-refractivity contribution in [1.29, 1.82) is 0 Å². The molecule has 2 aromatic carbocycles. The summed E-state index contributed by atoms with van der Waals surface area (Å²) < 4.78 is 1.94. The van der Waals surface area contributed by atoms with Gasteiger partial charge in [-0.05, 0) is 49.2 Å². The van der Waals surface area contributed by atoms with Crippen LogP contribution < -0.4 is 10.9 Å². The van der Waals surface area contributed by atoms with Crippen molar-refractivity contribution < 1.29 is 9.59 Å². The Morgan fingerprint density at radius 1 is 0.714 bits per heavy atom. The van der Waals surface area contributed by atoms with Crippen LogP contribution >= 0.6 is 31.9 Å². The second-order valence-electron chi connectivity index (χ2n) is 5.98. The average molecular weight is 508 g/mol. The summed E-state index contributed by atoms with van der Waals surface area (Å²) in [6.45, 7) is 3.60. The van der Waals surface area contributed by atoms with Crippen LogP contribution in [0.2, 0.25) is 0 Å². The average Bonchev–Trinajstić information content (AvgIpc) is 2.69. The van der Waals surface area contributed by atoms with Crippen molar-refractivity contribution in [1.82, 2.24) is 10.9 Å². The standard InChI is InChI=1S/C20H20Br2N4O2/c1-13(15-3-7-17(21)8-4-15)23-25-19(27)11-12-20(28)26-24-14(2)16-5-9-18(22)10-6-16/h3-10H,11-12H2,1-2H3,(H,25,27)(H,26,28)/b23-13-,24-14+. The molecule has 0 fully saturated rings. The van der Waals surface area contributed by atoms with Crippen LogP contribution in [0.15, 0.2) is 67.7 Å². The number of carbonyl (C=O) groups is 2. The highest BCUT2D eigenvalue weighted by molar-refractivity contribution is 9.10. The number of amides is 2. The monoisotopic (exact) mass is 506 g/mol. The molecule has 2 rings (SSSR count). The number of hydrazone groups is 2. The molecule has 0 atom stereocenters. The number of rotatable bonds is 7. The maximum Gasteiger partial charge on any atom is 0.240 e. The van der Waals surface area contributed by atoms with E-state index >= 15 is 0 Å². The third-order valence-corrected chi connectivity index (χ3v) is 4.86. The van der Waals surface area contributed by atoms with Crippen LogP contribution in [0, 0.1) is 0 Å². The molecular formula is C20H20Br2N4O2. The molecule has 2 N–H and O–H groups in total. The molecule has 0 aliphatic heterocycles. The number of carbonyl (C=O) groups excluding carboxylic acids is 2. The van der Waals surface area contributed by atoms with E-state index in [1.54, 1.807) is 13.8 Å². The Bertz CT molecular complexity index is 816. The minimum Gasteiger partial charge on any atom is -0.273 e. The third kappa shape index (κ3) is 7.36. The molecule has 0 unspecified atom stereocenters. The smallest absolute Gasteiger partial charge is 0.240 e. The zero-order valence-electron chi connectivity index (χ0n) is 15.5. The highest BCUT2D eigenvalue weighted by Gasteiger charge is 2.07. The molecule has 0 aliphatic rings. The molecule has 2 amide bonds. The topological polar surface area (TPSA) is 82.9 Å². The maximum absolute atomic E-state index is 11.9. The van der Waals surface area contributed by atoms with Crippen molar-refractivity contribution in [3.05, 3.63) is 68.6 Å². The molecule has 0 saturated carbocycles. The van der Waals surface area contributed by atoms with Crippen molar-refractivity contribution in [2.24, 2.45) is 10.2 Å². The largest absolute Gasteiger partial charge is 0.273 e. The molecule has 28 heavy (non-hydrogen) atoms. The maximum atomic E-state index is 11.9. The number of halogens is 2. The Hall–Kier alpha value is -2.32. The fourth-order valence-electron chi connectivity index (χ4n) is 2.14. The van der Waals surface area contributed by atoms with Crippen LogP contribution in [0.1, 0.15) is 37.8 Å². The van der Waals surface area contributed by atoms with E-state index in [0.717, 1.165) is 20.1 Å². The molecule has 0 spiro atoms. The normalized spacial score (nSPS) is 11.9. The summed E-state index contributed by atoms with van der Waals surface area (Å²) in [5.74, 6) is -0.666. The van der Waals surface area contributed by atoms with Gasteiger partial charge in [-0.15, -0.1) is 0 Å². The van der Waals surface area contributed by atoms with Gasteiger partial charge in [-0.1, -0.05) is 56.1 Å². The van der Waals surface area contributed by atoms with Crippen molar-refractivity contribution in [2.75, 3.05) is 0 Å². The molecule has 0 radical (unpaired) electrons. The summed E-state index contributed by atoms with van der Waals surface area (Å²) in [7, 11) is 0. The van der Waals surface area contributed by atoms with Gasteiger partial charge in [0.25, 0.3) is 0 Å². The van der Waals surface area contributed by atoms with E-state index in [-0.39, 0.29) is 24.7 Å². The number of hydrogen-bond acceptors (Lipinski definition) is 4. The Morgan fingerprint density at radius 2 is 1.04 bits per heavy atom. The van der Waals surface area contributed by atoms with Crippen molar-refractivity contribution in [3.63, 3.8) is 0 Å². The highest BCUT2D eigenvalue weighted by atomic mass is 79.9. The van der Waals surface area contributed by atoms with Gasteiger partial charge in [0.2, 0.25) is 11.8 Å². The van der Waals surface area contributed by atoms with E-state index in [4.69, 9.17) is 0 Å². The van der Waals surface area contributed by atoms with E-state index in [0.29, 0.717) is 11.4 Å². The van der Waals surface area contributed by atoms with Gasteiger partial charge in [0.15, 0.2) is 0 Å². The first-order chi connectivity index (χ1) is 13.3. The van der Waals surface area contributed by atoms with Gasteiger partial charge in [-0.25, -0.2) is 10.9 Å². The second kappa shape index (κ2) is 10.9. The zero-order chi connectivity index (χ0) is 20.5. The first-order valence-electron chi connectivity index (χ1n) is 8.53. The number of nitrogens with zero attached hydrogens (tertiary/aromatic N) is 2. The molecular weight excluding hydrogens is 488 g/mol. The zero-order valence-corrected chi connectivity index (χ0v) is 18.7. The molecule has 2 aromatic rings. The van der Waals surface area contributed by atoms with Gasteiger partial charge < -0.3 is 0 Å². The SMILES string of the molecule is C/C(=N/NC(=O)CCC(=O)N/N=C(\C)c1ccc(Br)cc1)c1ccc(Br)cc1. The fourth-order valence-corrected chi connectivity index (χ4v) is 2.67. The van der Waals surface area contributed by atoms with Crippen LogP contribution in [-0.4, -0.2) is 23.2 Å². The summed E-state index contributed by atoms with van der Waals surface area (Å²) in [5, 5.41) is 8.12.